The molecule has 0 aliphatic heterocycles. The van der Waals surface area contributed by atoms with Gasteiger partial charge in [0.1, 0.15) is 0 Å². The van der Waals surface area contributed by atoms with E-state index in [-0.39, 0.29) is 24.3 Å². The highest BCUT2D eigenvalue weighted by molar-refractivity contribution is 5.82. The van der Waals surface area contributed by atoms with E-state index in [1.54, 1.807) is 0 Å². The first-order chi connectivity index (χ1) is 7.80. The fourth-order valence-electron chi connectivity index (χ4n) is 2.64. The Morgan fingerprint density at radius 1 is 1.41 bits per heavy atom. The monoisotopic (exact) mass is 250 g/mol. The topological polar surface area (TPSA) is 55.1 Å². The van der Waals surface area contributed by atoms with Crippen LogP contribution in [0.4, 0.5) is 13.2 Å². The molecule has 0 heterocycles. The van der Waals surface area contributed by atoms with Crippen molar-refractivity contribution in [3.8, 4) is 0 Å². The molecule has 1 unspecified atom stereocenters. The average Bonchev–Trinajstić information content (AvgIpc) is 2.06. The average molecular weight is 250 g/mol. The molecular weight excluding hydrogens is 233 g/mol. The number of hydrogen-bond donors (Lipinski definition) is 2. The summed E-state index contributed by atoms with van der Waals surface area (Å²) in [6, 6.07) is -0.814. The third kappa shape index (κ3) is 2.91. The molecule has 0 aromatic rings. The van der Waals surface area contributed by atoms with E-state index in [9.17, 15) is 18.0 Å². The number of hydrogen-bond acceptors (Lipinski definition) is 2. The molecule has 2 bridgehead atoms. The molecular formula is C11H17F3N2O. The highest BCUT2D eigenvalue weighted by Crippen LogP contribution is 2.56. The van der Waals surface area contributed by atoms with Crippen molar-refractivity contribution in [1.82, 2.24) is 5.32 Å². The number of nitrogens with one attached hydrogen (secondary N) is 1. The summed E-state index contributed by atoms with van der Waals surface area (Å²) in [4.78, 5) is 11.6. The minimum Gasteiger partial charge on any atom is -0.349 e. The molecule has 0 spiro atoms. The summed E-state index contributed by atoms with van der Waals surface area (Å²) in [6.45, 7) is 0. The molecule has 3 rings (SSSR count). The Morgan fingerprint density at radius 2 is 2.00 bits per heavy atom. The van der Waals surface area contributed by atoms with Gasteiger partial charge in [-0.2, -0.15) is 13.2 Å². The molecule has 3 aliphatic rings. The van der Waals surface area contributed by atoms with E-state index in [0.717, 1.165) is 25.2 Å². The molecule has 3 N–H and O–H groups in total. The van der Waals surface area contributed by atoms with Crippen molar-refractivity contribution in [2.45, 2.75) is 56.3 Å². The minimum atomic E-state index is -4.16. The van der Waals surface area contributed by atoms with Crippen LogP contribution in [0.3, 0.4) is 0 Å². The second kappa shape index (κ2) is 4.15. The first-order valence-electron chi connectivity index (χ1n) is 5.94. The molecule has 0 aromatic carbocycles. The summed E-state index contributed by atoms with van der Waals surface area (Å²) < 4.78 is 35.7. The number of carbonyl (C=O) groups is 1. The van der Waals surface area contributed by atoms with Crippen LogP contribution in [-0.2, 0) is 4.79 Å². The van der Waals surface area contributed by atoms with Crippen molar-refractivity contribution in [2.24, 2.45) is 11.7 Å². The molecule has 3 saturated carbocycles. The predicted octanol–water partition coefficient (Wildman–Crippen LogP) is 1.71. The van der Waals surface area contributed by atoms with Crippen LogP contribution in [0.5, 0.6) is 0 Å². The Morgan fingerprint density at radius 3 is 2.41 bits per heavy atom. The minimum absolute atomic E-state index is 0.0522. The molecule has 1 atom stereocenters. The Kier molecular flexibility index (Phi) is 3.10. The molecule has 3 nitrogen and oxygen atoms in total. The van der Waals surface area contributed by atoms with Gasteiger partial charge in [0, 0.05) is 12.0 Å². The van der Waals surface area contributed by atoms with E-state index in [2.05, 4.69) is 5.32 Å². The summed E-state index contributed by atoms with van der Waals surface area (Å²) in [5, 5.41) is 2.86. The van der Waals surface area contributed by atoms with Crippen molar-refractivity contribution in [3.05, 3.63) is 0 Å². The Labute approximate surface area is 97.9 Å². The van der Waals surface area contributed by atoms with E-state index in [4.69, 9.17) is 5.73 Å². The molecule has 1 amide bonds. The number of nitrogens with two attached hydrogens (primary N) is 1. The lowest BCUT2D eigenvalue weighted by molar-refractivity contribution is -0.139. The van der Waals surface area contributed by atoms with Crippen LogP contribution in [0.25, 0.3) is 0 Å². The van der Waals surface area contributed by atoms with Crippen LogP contribution in [0.1, 0.15) is 38.5 Å². The van der Waals surface area contributed by atoms with Crippen molar-refractivity contribution in [2.75, 3.05) is 0 Å². The van der Waals surface area contributed by atoms with Gasteiger partial charge < -0.3 is 11.1 Å². The van der Waals surface area contributed by atoms with Gasteiger partial charge in [-0.15, -0.1) is 0 Å². The normalized spacial score (nSPS) is 32.4. The quantitative estimate of drug-likeness (QED) is 0.780. The van der Waals surface area contributed by atoms with Crippen molar-refractivity contribution in [1.29, 1.82) is 0 Å². The number of halogens is 3. The van der Waals surface area contributed by atoms with Gasteiger partial charge in [-0.1, -0.05) is 0 Å². The maximum absolute atomic E-state index is 11.9. The zero-order valence-electron chi connectivity index (χ0n) is 9.52. The van der Waals surface area contributed by atoms with Gasteiger partial charge in [-0.05, 0) is 38.0 Å². The second-order valence-electron chi connectivity index (χ2n) is 5.36. The highest BCUT2D eigenvalue weighted by Gasteiger charge is 2.57. The van der Waals surface area contributed by atoms with Crippen molar-refractivity contribution in [3.63, 3.8) is 0 Å². The van der Waals surface area contributed by atoms with E-state index < -0.39 is 18.6 Å². The number of rotatable bonds is 5. The Hall–Kier alpha value is -0.780. The standard InChI is InChI=1S/C11H17F3N2O/c12-11(13,14)3-1-2-8(15)9(17)16-10-4-7(5-10)6-10/h7-8H,1-6,15H2,(H,16,17). The lowest BCUT2D eigenvalue weighted by atomic mass is 9.50. The van der Waals surface area contributed by atoms with E-state index in [0.29, 0.717) is 0 Å². The summed E-state index contributed by atoms with van der Waals surface area (Å²) in [5.74, 6) is 0.446. The van der Waals surface area contributed by atoms with Gasteiger partial charge >= 0.3 is 6.18 Å². The Bertz CT molecular complexity index is 299. The molecule has 3 fully saturated rings. The van der Waals surface area contributed by atoms with Crippen molar-refractivity contribution >= 4 is 5.91 Å². The van der Waals surface area contributed by atoms with E-state index in [1.807, 2.05) is 0 Å². The number of alkyl halides is 3. The molecule has 6 heteroatoms. The summed E-state index contributed by atoms with van der Waals surface area (Å²) in [7, 11) is 0. The second-order valence-corrected chi connectivity index (χ2v) is 5.36. The summed E-state index contributed by atoms with van der Waals surface area (Å²) in [5.41, 5.74) is 5.52. The molecule has 0 saturated heterocycles. The SMILES string of the molecule is NC(CCCC(F)(F)F)C(=O)NC12CC(C1)C2. The van der Waals surface area contributed by atoms with E-state index in [1.165, 1.54) is 0 Å². The van der Waals surface area contributed by atoms with Crippen LogP contribution >= 0.6 is 0 Å². The first kappa shape index (κ1) is 12.7. The predicted molar refractivity (Wildman–Crippen MR) is 56.1 cm³/mol. The lowest BCUT2D eigenvalue weighted by Crippen LogP contribution is -2.69. The molecule has 0 aromatic heterocycles. The number of carbonyl (C=O) groups excluding carboxylic acids is 1. The van der Waals surface area contributed by atoms with Gasteiger partial charge in [0.25, 0.3) is 0 Å². The van der Waals surface area contributed by atoms with Gasteiger partial charge in [0.15, 0.2) is 0 Å². The fourth-order valence-corrected chi connectivity index (χ4v) is 2.64. The number of amides is 1. The zero-order valence-corrected chi connectivity index (χ0v) is 9.52. The van der Waals surface area contributed by atoms with Crippen LogP contribution < -0.4 is 11.1 Å². The largest absolute Gasteiger partial charge is 0.389 e. The van der Waals surface area contributed by atoms with Crippen LogP contribution in [0, 0.1) is 5.92 Å². The van der Waals surface area contributed by atoms with Crippen LogP contribution in [-0.4, -0.2) is 23.7 Å². The molecule has 17 heavy (non-hydrogen) atoms. The van der Waals surface area contributed by atoms with Gasteiger partial charge in [-0.3, -0.25) is 4.79 Å². The van der Waals surface area contributed by atoms with Crippen LogP contribution in [0.2, 0.25) is 0 Å². The van der Waals surface area contributed by atoms with Gasteiger partial charge in [-0.25, -0.2) is 0 Å². The maximum atomic E-state index is 11.9. The third-order valence-corrected chi connectivity index (χ3v) is 3.74. The molecule has 3 aliphatic carbocycles. The highest BCUT2D eigenvalue weighted by atomic mass is 19.4. The molecule has 98 valence electrons. The summed E-state index contributed by atoms with van der Waals surface area (Å²) >= 11 is 0. The molecule has 0 radical (unpaired) electrons. The zero-order chi connectivity index (χ0) is 12.7. The Balaban J connectivity index is 1.65. The lowest BCUT2D eigenvalue weighted by Gasteiger charge is -2.62. The summed E-state index contributed by atoms with van der Waals surface area (Å²) in [6.07, 6.45) is -2.01. The van der Waals surface area contributed by atoms with Crippen LogP contribution in [0.15, 0.2) is 0 Å². The fraction of sp³-hybridized carbons (Fsp3) is 0.909. The van der Waals surface area contributed by atoms with Gasteiger partial charge in [0.05, 0.1) is 6.04 Å². The van der Waals surface area contributed by atoms with Crippen molar-refractivity contribution < 1.29 is 18.0 Å². The van der Waals surface area contributed by atoms with E-state index >= 15 is 0 Å². The maximum Gasteiger partial charge on any atom is 0.389 e. The first-order valence-corrected chi connectivity index (χ1v) is 5.94. The van der Waals surface area contributed by atoms with Gasteiger partial charge in [0.2, 0.25) is 5.91 Å². The smallest absolute Gasteiger partial charge is 0.349 e. The third-order valence-electron chi connectivity index (χ3n) is 3.74.